The molecule has 1 heterocycles. The maximum absolute atomic E-state index is 11.9. The van der Waals surface area contributed by atoms with E-state index >= 15 is 0 Å². The van der Waals surface area contributed by atoms with E-state index in [9.17, 15) is 14.4 Å². The molecule has 1 aliphatic carbocycles. The molecular formula is C15H16N2O4. The number of carboxylic acids is 1. The van der Waals surface area contributed by atoms with Gasteiger partial charge in [0.05, 0.1) is 11.8 Å². The minimum Gasteiger partial charge on any atom is -0.481 e. The largest absolute Gasteiger partial charge is 0.481 e. The van der Waals surface area contributed by atoms with Crippen molar-refractivity contribution in [2.75, 3.05) is 10.6 Å². The molecule has 6 nitrogen and oxygen atoms in total. The predicted molar refractivity (Wildman–Crippen MR) is 75.9 cm³/mol. The highest BCUT2D eigenvalue weighted by atomic mass is 16.4. The molecule has 1 fully saturated rings. The fourth-order valence-electron chi connectivity index (χ4n) is 2.65. The highest BCUT2D eigenvalue weighted by molar-refractivity contribution is 5.99. The number of carbonyl (C=O) groups excluding carboxylic acids is 2. The SMILES string of the molecule is O=C1CCCc2cc(NC(=O)C3CC3C(=O)O)ccc2N1. The van der Waals surface area contributed by atoms with Crippen LogP contribution in [0, 0.1) is 11.8 Å². The van der Waals surface area contributed by atoms with Crippen LogP contribution in [0.15, 0.2) is 18.2 Å². The van der Waals surface area contributed by atoms with E-state index < -0.39 is 17.8 Å². The van der Waals surface area contributed by atoms with Crippen LogP contribution in [-0.2, 0) is 20.8 Å². The monoisotopic (exact) mass is 288 g/mol. The van der Waals surface area contributed by atoms with E-state index in [1.807, 2.05) is 6.07 Å². The number of aliphatic carboxylic acids is 1. The Hall–Kier alpha value is -2.37. The molecule has 2 atom stereocenters. The summed E-state index contributed by atoms with van der Waals surface area (Å²) < 4.78 is 0. The first-order valence-electron chi connectivity index (χ1n) is 7.01. The van der Waals surface area contributed by atoms with Crippen LogP contribution < -0.4 is 10.6 Å². The molecule has 1 saturated carbocycles. The molecule has 21 heavy (non-hydrogen) atoms. The molecule has 1 aromatic rings. The summed E-state index contributed by atoms with van der Waals surface area (Å²) in [5, 5.41) is 14.4. The number of aryl methyl sites for hydroxylation is 1. The second-order valence-electron chi connectivity index (χ2n) is 5.55. The molecule has 2 amide bonds. The summed E-state index contributed by atoms with van der Waals surface area (Å²) in [6.45, 7) is 0. The van der Waals surface area contributed by atoms with Crippen LogP contribution in [0.4, 0.5) is 11.4 Å². The minimum atomic E-state index is -0.917. The van der Waals surface area contributed by atoms with Crippen LogP contribution in [0.2, 0.25) is 0 Å². The Morgan fingerprint density at radius 1 is 1.24 bits per heavy atom. The molecule has 1 aromatic carbocycles. The molecule has 3 rings (SSSR count). The van der Waals surface area contributed by atoms with E-state index in [4.69, 9.17) is 5.11 Å². The third-order valence-electron chi connectivity index (χ3n) is 3.94. The van der Waals surface area contributed by atoms with E-state index in [0.29, 0.717) is 18.5 Å². The first-order chi connectivity index (χ1) is 10.0. The van der Waals surface area contributed by atoms with Crippen LogP contribution >= 0.6 is 0 Å². The average molecular weight is 288 g/mol. The zero-order chi connectivity index (χ0) is 15.0. The fraction of sp³-hybridized carbons (Fsp3) is 0.400. The second-order valence-corrected chi connectivity index (χ2v) is 5.55. The molecule has 3 N–H and O–H groups in total. The van der Waals surface area contributed by atoms with E-state index in [-0.39, 0.29) is 11.8 Å². The first-order valence-corrected chi connectivity index (χ1v) is 7.01. The van der Waals surface area contributed by atoms with E-state index in [2.05, 4.69) is 10.6 Å². The quantitative estimate of drug-likeness (QED) is 0.787. The summed E-state index contributed by atoms with van der Waals surface area (Å²) in [6.07, 6.45) is 2.46. The van der Waals surface area contributed by atoms with Gasteiger partial charge in [0.2, 0.25) is 11.8 Å². The van der Waals surface area contributed by atoms with E-state index in [1.54, 1.807) is 12.1 Å². The number of carbonyl (C=O) groups is 3. The van der Waals surface area contributed by atoms with Gasteiger partial charge < -0.3 is 15.7 Å². The summed E-state index contributed by atoms with van der Waals surface area (Å²) in [6, 6.07) is 5.34. The summed E-state index contributed by atoms with van der Waals surface area (Å²) >= 11 is 0. The maximum Gasteiger partial charge on any atom is 0.307 e. The first kappa shape index (κ1) is 13.6. The van der Waals surface area contributed by atoms with Crippen LogP contribution in [0.25, 0.3) is 0 Å². The van der Waals surface area contributed by atoms with Crippen molar-refractivity contribution in [1.29, 1.82) is 0 Å². The van der Waals surface area contributed by atoms with Crippen molar-refractivity contribution in [1.82, 2.24) is 0 Å². The molecule has 1 aliphatic heterocycles. The third kappa shape index (κ3) is 2.89. The van der Waals surface area contributed by atoms with E-state index in [1.165, 1.54) is 0 Å². The standard InChI is InChI=1S/C15H16N2O4/c18-13-3-1-2-8-6-9(4-5-12(8)17-13)16-14(19)10-7-11(10)15(20)21/h4-6,10-11H,1-3,7H2,(H,16,19)(H,17,18)(H,20,21). The Morgan fingerprint density at radius 3 is 2.76 bits per heavy atom. The number of carboxylic acid groups (broad SMARTS) is 1. The normalized spacial score (nSPS) is 23.5. The molecule has 0 saturated heterocycles. The lowest BCUT2D eigenvalue weighted by molar-refractivity contribution is -0.139. The van der Waals surface area contributed by atoms with Gasteiger partial charge in [-0.3, -0.25) is 14.4 Å². The van der Waals surface area contributed by atoms with Crippen LogP contribution in [-0.4, -0.2) is 22.9 Å². The van der Waals surface area contributed by atoms with Gasteiger partial charge in [0.1, 0.15) is 0 Å². The predicted octanol–water partition coefficient (Wildman–Crippen LogP) is 1.62. The highest BCUT2D eigenvalue weighted by Crippen LogP contribution is 2.39. The van der Waals surface area contributed by atoms with Crippen LogP contribution in [0.1, 0.15) is 24.8 Å². The van der Waals surface area contributed by atoms with Gasteiger partial charge in [-0.1, -0.05) is 0 Å². The summed E-state index contributed by atoms with van der Waals surface area (Å²) in [4.78, 5) is 34.2. The Morgan fingerprint density at radius 2 is 2.05 bits per heavy atom. The van der Waals surface area contributed by atoms with Gasteiger partial charge in [-0.15, -0.1) is 0 Å². The van der Waals surface area contributed by atoms with Crippen molar-refractivity contribution < 1.29 is 19.5 Å². The lowest BCUT2D eigenvalue weighted by Gasteiger charge is -2.10. The van der Waals surface area contributed by atoms with Crippen molar-refractivity contribution >= 4 is 29.2 Å². The number of hydrogen-bond donors (Lipinski definition) is 3. The molecule has 6 heteroatoms. The zero-order valence-corrected chi connectivity index (χ0v) is 11.4. The number of anilines is 2. The Labute approximate surface area is 121 Å². The molecule has 2 unspecified atom stereocenters. The average Bonchev–Trinajstić information content (AvgIpc) is 3.21. The molecular weight excluding hydrogens is 272 g/mol. The number of benzene rings is 1. The Kier molecular flexibility index (Phi) is 3.37. The number of rotatable bonds is 3. The number of nitrogens with one attached hydrogen (secondary N) is 2. The fourth-order valence-corrected chi connectivity index (χ4v) is 2.65. The number of amides is 2. The van der Waals surface area contributed by atoms with Gasteiger partial charge in [0.25, 0.3) is 0 Å². The Bertz CT molecular complexity index is 626. The zero-order valence-electron chi connectivity index (χ0n) is 11.4. The van der Waals surface area contributed by atoms with Crippen molar-refractivity contribution in [2.24, 2.45) is 11.8 Å². The van der Waals surface area contributed by atoms with Crippen LogP contribution in [0.5, 0.6) is 0 Å². The van der Waals surface area contributed by atoms with Crippen molar-refractivity contribution in [3.63, 3.8) is 0 Å². The van der Waals surface area contributed by atoms with Gasteiger partial charge in [0.15, 0.2) is 0 Å². The molecule has 0 bridgehead atoms. The third-order valence-corrected chi connectivity index (χ3v) is 3.94. The van der Waals surface area contributed by atoms with Gasteiger partial charge in [-0.2, -0.15) is 0 Å². The highest BCUT2D eigenvalue weighted by Gasteiger charge is 2.48. The Balaban J connectivity index is 1.70. The van der Waals surface area contributed by atoms with Crippen molar-refractivity contribution in [3.05, 3.63) is 23.8 Å². The molecule has 110 valence electrons. The van der Waals surface area contributed by atoms with Gasteiger partial charge in [-0.05, 0) is 43.0 Å². The number of fused-ring (bicyclic) bond motifs is 1. The lowest BCUT2D eigenvalue weighted by atomic mass is 10.1. The van der Waals surface area contributed by atoms with E-state index in [0.717, 1.165) is 24.1 Å². The summed E-state index contributed by atoms with van der Waals surface area (Å²) in [7, 11) is 0. The minimum absolute atomic E-state index is 0.00724. The molecule has 2 aliphatic rings. The maximum atomic E-state index is 11.9. The van der Waals surface area contributed by atoms with Crippen LogP contribution in [0.3, 0.4) is 0 Å². The lowest BCUT2D eigenvalue weighted by Crippen LogP contribution is -2.17. The topological polar surface area (TPSA) is 95.5 Å². The van der Waals surface area contributed by atoms with Crippen molar-refractivity contribution in [2.45, 2.75) is 25.7 Å². The second kappa shape index (κ2) is 5.20. The van der Waals surface area contributed by atoms with Gasteiger partial charge >= 0.3 is 5.97 Å². The summed E-state index contributed by atoms with van der Waals surface area (Å²) in [5.41, 5.74) is 2.42. The molecule has 0 radical (unpaired) electrons. The molecule has 0 aromatic heterocycles. The smallest absolute Gasteiger partial charge is 0.307 e. The summed E-state index contributed by atoms with van der Waals surface area (Å²) in [5.74, 6) is -2.14. The van der Waals surface area contributed by atoms with Crippen molar-refractivity contribution in [3.8, 4) is 0 Å². The van der Waals surface area contributed by atoms with Gasteiger partial charge in [0, 0.05) is 17.8 Å². The number of hydrogen-bond acceptors (Lipinski definition) is 3. The van der Waals surface area contributed by atoms with Gasteiger partial charge in [-0.25, -0.2) is 0 Å². The molecule has 0 spiro atoms.